The Kier molecular flexibility index (Phi) is 14.6. The van der Waals surface area contributed by atoms with E-state index in [1.807, 2.05) is 84.9 Å². The summed E-state index contributed by atoms with van der Waals surface area (Å²) in [6.45, 7) is 0. The molecule has 14 aromatic carbocycles. The van der Waals surface area contributed by atoms with Gasteiger partial charge in [-0.15, -0.1) is 22.7 Å². The number of fused-ring (bicyclic) bond motifs is 14. The Hall–Kier alpha value is -11.9. The first-order valence-corrected chi connectivity index (χ1v) is 34.3. The van der Waals surface area contributed by atoms with Gasteiger partial charge in [-0.05, 0) is 147 Å². The van der Waals surface area contributed by atoms with E-state index in [0.29, 0.717) is 40.0 Å². The minimum atomic E-state index is 0.627. The molecule has 5 heterocycles. The smallest absolute Gasteiger partial charge is 0.164 e. The second-order valence-corrected chi connectivity index (χ2v) is 26.9. The van der Waals surface area contributed by atoms with Crippen LogP contribution in [0.3, 0.4) is 0 Å². The largest absolute Gasteiger partial charge is 0.309 e. The molecule has 0 unspecified atom stereocenters. The van der Waals surface area contributed by atoms with Crippen LogP contribution in [0.4, 0.5) is 0 Å². The topological polar surface area (TPSA) is 82.3 Å². The summed E-state index contributed by atoms with van der Waals surface area (Å²) in [4.78, 5) is 29.5. The van der Waals surface area contributed by atoms with Crippen molar-refractivity contribution in [3.05, 3.63) is 332 Å². The Labute approximate surface area is 571 Å². The molecule has 7 nitrogen and oxygen atoms in total. The first-order chi connectivity index (χ1) is 47.9. The first kappa shape index (κ1) is 57.8. The van der Waals surface area contributed by atoms with E-state index in [4.69, 9.17) is 41.5 Å². The van der Waals surface area contributed by atoms with Crippen LogP contribution in [0.2, 0.25) is 5.02 Å². The van der Waals surface area contributed by atoms with Crippen molar-refractivity contribution in [1.29, 1.82) is 0 Å². The Morgan fingerprint density at radius 3 is 1.22 bits per heavy atom. The van der Waals surface area contributed by atoms with E-state index >= 15 is 0 Å². The molecule has 0 spiro atoms. The van der Waals surface area contributed by atoms with Crippen LogP contribution in [0, 0.1) is 0 Å². The van der Waals surface area contributed by atoms with Crippen molar-refractivity contribution in [2.24, 2.45) is 0 Å². The quantitative estimate of drug-likeness (QED) is 0.158. The van der Waals surface area contributed by atoms with E-state index < -0.39 is 0 Å². The van der Waals surface area contributed by atoms with Crippen LogP contribution < -0.4 is 0 Å². The fraction of sp³-hybridized carbons (Fsp3) is 0.0115. The molecule has 0 aliphatic heterocycles. The molecule has 20 rings (SSSR count). The first-order valence-electron chi connectivity index (χ1n) is 32.3. The van der Waals surface area contributed by atoms with E-state index in [0.717, 1.165) is 45.5 Å². The maximum atomic E-state index is 6.09. The molecular weight excluding hydrogens is 1240 g/mol. The number of thiophene rings is 2. The van der Waals surface area contributed by atoms with E-state index in [-0.39, 0.29) is 0 Å². The Morgan fingerprint density at radius 2 is 0.660 bits per heavy atom. The summed E-state index contributed by atoms with van der Waals surface area (Å²) in [6.07, 6.45) is 1.08. The minimum Gasteiger partial charge on any atom is -0.309 e. The van der Waals surface area contributed by atoms with Gasteiger partial charge < -0.3 is 4.57 Å². The number of hydrogen-bond donors (Lipinski definition) is 0. The van der Waals surface area contributed by atoms with Gasteiger partial charge in [0.2, 0.25) is 0 Å². The minimum absolute atomic E-state index is 0.627. The lowest BCUT2D eigenvalue weighted by atomic mass is 10.0. The van der Waals surface area contributed by atoms with Crippen molar-refractivity contribution >= 4 is 118 Å². The molecule has 0 fully saturated rings. The molecule has 0 bridgehead atoms. The van der Waals surface area contributed by atoms with Crippen molar-refractivity contribution in [3.63, 3.8) is 0 Å². The number of para-hydroxylation sites is 1. The third kappa shape index (κ3) is 10.9. The maximum Gasteiger partial charge on any atom is 0.164 e. The lowest BCUT2D eigenvalue weighted by Gasteiger charge is -2.11. The van der Waals surface area contributed by atoms with Crippen molar-refractivity contribution in [3.8, 4) is 85.1 Å². The van der Waals surface area contributed by atoms with Gasteiger partial charge in [0.05, 0.1) is 11.0 Å². The SMILES string of the molecule is Clc1ccc(-c2nc(-c3ccccc3)nc(-c3ccc4c(c3)sc3ccccc34)n2)cc1.c1ccc(-c2nc(-c3ccc(-n4c5ccccc5c5cc6ccccc6cc54)cc3)nc(-c3ccc4c(c3)sc3ccccc34)n2)cc1.c1ccc2c(c1)Cc1cc3ccccc3cc1-2. The van der Waals surface area contributed by atoms with Crippen molar-refractivity contribution in [2.75, 3.05) is 0 Å². The maximum absolute atomic E-state index is 6.09. The predicted octanol–water partition coefficient (Wildman–Crippen LogP) is 23.8. The van der Waals surface area contributed by atoms with Crippen LogP contribution in [0.15, 0.2) is 315 Å². The number of benzene rings is 14. The molecule has 97 heavy (non-hydrogen) atoms. The summed E-state index contributed by atoms with van der Waals surface area (Å²) in [6, 6.07) is 110. The molecular formula is C87H54ClN7S2. The second-order valence-electron chi connectivity index (χ2n) is 24.3. The molecule has 1 aliphatic rings. The molecule has 0 amide bonds. The van der Waals surface area contributed by atoms with Crippen LogP contribution in [-0.2, 0) is 6.42 Å². The predicted molar refractivity (Wildman–Crippen MR) is 407 cm³/mol. The van der Waals surface area contributed by atoms with Gasteiger partial charge in [-0.25, -0.2) is 29.9 Å². The highest BCUT2D eigenvalue weighted by Crippen LogP contribution is 2.42. The molecule has 0 N–H and O–H groups in total. The monoisotopic (exact) mass is 1300 g/mol. The molecule has 0 atom stereocenters. The zero-order valence-corrected chi connectivity index (χ0v) is 54.4. The third-order valence-corrected chi connectivity index (χ3v) is 20.8. The van der Waals surface area contributed by atoms with Crippen LogP contribution in [0.5, 0.6) is 0 Å². The van der Waals surface area contributed by atoms with Gasteiger partial charge in [-0.3, -0.25) is 0 Å². The van der Waals surface area contributed by atoms with E-state index in [1.54, 1.807) is 22.7 Å². The lowest BCUT2D eigenvalue weighted by Crippen LogP contribution is -2.00. The van der Waals surface area contributed by atoms with Gasteiger partial charge in [0.1, 0.15) is 0 Å². The summed E-state index contributed by atoms with van der Waals surface area (Å²) in [5, 5.41) is 13.4. The number of halogens is 1. The normalized spacial score (nSPS) is 11.7. The summed E-state index contributed by atoms with van der Waals surface area (Å²) >= 11 is 9.68. The van der Waals surface area contributed by atoms with E-state index in [9.17, 15) is 0 Å². The van der Waals surface area contributed by atoms with Gasteiger partial charge in [0.25, 0.3) is 0 Å². The summed E-state index contributed by atoms with van der Waals surface area (Å²) in [5.41, 5.74) is 14.9. The number of nitrogens with zero attached hydrogens (tertiary/aromatic N) is 7. The van der Waals surface area contributed by atoms with Crippen LogP contribution in [0.1, 0.15) is 11.1 Å². The molecule has 456 valence electrons. The number of aromatic nitrogens is 7. The summed E-state index contributed by atoms with van der Waals surface area (Å²) in [7, 11) is 0. The highest BCUT2D eigenvalue weighted by molar-refractivity contribution is 7.26. The third-order valence-electron chi connectivity index (χ3n) is 18.3. The van der Waals surface area contributed by atoms with Crippen LogP contribution in [0.25, 0.3) is 169 Å². The zero-order chi connectivity index (χ0) is 64.3. The van der Waals surface area contributed by atoms with Gasteiger partial charge >= 0.3 is 0 Å². The van der Waals surface area contributed by atoms with Gasteiger partial charge in [-0.2, -0.15) is 0 Å². The van der Waals surface area contributed by atoms with E-state index in [2.05, 4.69) is 235 Å². The van der Waals surface area contributed by atoms with Crippen LogP contribution in [-0.4, -0.2) is 34.5 Å². The van der Waals surface area contributed by atoms with E-state index in [1.165, 1.54) is 106 Å². The molecule has 1 aliphatic carbocycles. The number of rotatable bonds is 7. The standard InChI is InChI=1S/C43H26N4S.C27H16ClN3S.C17H12/c1-2-10-27(11-3-1)41-44-42(46-43(45-41)31-20-23-35-34-15-7-9-17-39(34)48-40(35)26-31)28-18-21-32(22-19-28)47-37-16-8-6-14-33(37)36-24-29-12-4-5-13-30(29)25-38(36)47;28-20-13-10-18(11-14-20)26-29-25(17-6-2-1-3-7-17)30-27(31-26)19-12-15-22-21-8-4-5-9-23(21)32-24(22)16-19;1-2-6-13-11-17-15(9-12(13)5-1)10-14-7-3-4-8-16(14)17/h1-26H;1-16H;1-9,11H,10H2. The van der Waals surface area contributed by atoms with Crippen molar-refractivity contribution < 1.29 is 0 Å². The zero-order valence-electron chi connectivity index (χ0n) is 52.1. The van der Waals surface area contributed by atoms with Gasteiger partial charge in [0, 0.05) is 95.2 Å². The molecule has 10 heteroatoms. The highest BCUT2D eigenvalue weighted by atomic mass is 35.5. The number of hydrogen-bond acceptors (Lipinski definition) is 8. The lowest BCUT2D eigenvalue weighted by molar-refractivity contribution is 1.07. The molecule has 5 aromatic heterocycles. The fourth-order valence-electron chi connectivity index (χ4n) is 13.5. The fourth-order valence-corrected chi connectivity index (χ4v) is 16.0. The molecule has 0 radical (unpaired) electrons. The van der Waals surface area contributed by atoms with Crippen LogP contribution >= 0.6 is 34.3 Å². The summed E-state index contributed by atoms with van der Waals surface area (Å²) < 4.78 is 7.36. The molecule has 0 saturated heterocycles. The van der Waals surface area contributed by atoms with Crippen molar-refractivity contribution in [2.45, 2.75) is 6.42 Å². The molecule has 0 saturated carbocycles. The Bertz CT molecular complexity index is 6240. The Morgan fingerprint density at radius 1 is 0.258 bits per heavy atom. The van der Waals surface area contributed by atoms with Gasteiger partial charge in [-0.1, -0.05) is 230 Å². The average Bonchev–Trinajstić information content (AvgIpc) is 1.64. The summed E-state index contributed by atoms with van der Waals surface area (Å²) in [5.74, 6) is 3.90. The average molecular weight is 1300 g/mol. The molecule has 19 aromatic rings. The second kappa shape index (κ2) is 24.5. The van der Waals surface area contributed by atoms with Gasteiger partial charge in [0.15, 0.2) is 34.9 Å². The highest BCUT2D eigenvalue weighted by Gasteiger charge is 2.21. The van der Waals surface area contributed by atoms with Crippen molar-refractivity contribution in [1.82, 2.24) is 34.5 Å². The Balaban J connectivity index is 0.000000119.